The van der Waals surface area contributed by atoms with Gasteiger partial charge in [-0.25, -0.2) is 0 Å². The Hall–Kier alpha value is -1.47. The van der Waals surface area contributed by atoms with Gasteiger partial charge in [0, 0.05) is 6.42 Å². The van der Waals surface area contributed by atoms with Gasteiger partial charge in [0.15, 0.2) is 0 Å². The van der Waals surface area contributed by atoms with E-state index in [2.05, 4.69) is 5.32 Å². The van der Waals surface area contributed by atoms with Crippen LogP contribution in [0.2, 0.25) is 0 Å². The lowest BCUT2D eigenvalue weighted by Gasteiger charge is -2.16. The van der Waals surface area contributed by atoms with E-state index in [0.717, 1.165) is 12.8 Å². The summed E-state index contributed by atoms with van der Waals surface area (Å²) in [5, 5.41) is 10.9. The van der Waals surface area contributed by atoms with Gasteiger partial charge in [-0.3, -0.25) is 9.59 Å². The molecule has 1 amide bonds. The number of carboxylic acids is 1. The van der Waals surface area contributed by atoms with Gasteiger partial charge in [0.1, 0.15) is 6.29 Å². The van der Waals surface area contributed by atoms with Crippen LogP contribution in [0.5, 0.6) is 0 Å². The molecule has 0 aliphatic rings. The van der Waals surface area contributed by atoms with Gasteiger partial charge in [0.05, 0.1) is 12.1 Å². The lowest BCUT2D eigenvalue weighted by molar-refractivity contribution is -0.137. The van der Waals surface area contributed by atoms with Crippen LogP contribution in [0.15, 0.2) is 0 Å². The SMILES string of the molecule is NCCCC[C@@H](C=O)NC(=O)[C@@H](N)CCC(=O)O. The number of carbonyl (C=O) groups excluding carboxylic acids is 2. The van der Waals surface area contributed by atoms with Gasteiger partial charge in [0.2, 0.25) is 5.91 Å². The molecule has 0 aromatic heterocycles. The van der Waals surface area contributed by atoms with Crippen LogP contribution in [-0.2, 0) is 14.4 Å². The maximum Gasteiger partial charge on any atom is 0.303 e. The second-order valence-electron chi connectivity index (χ2n) is 4.07. The van der Waals surface area contributed by atoms with E-state index in [1.807, 2.05) is 0 Å². The molecular weight excluding hydrogens is 238 g/mol. The number of rotatable bonds is 10. The van der Waals surface area contributed by atoms with Crippen molar-refractivity contribution in [2.75, 3.05) is 6.54 Å². The molecule has 2 atom stereocenters. The molecule has 0 spiro atoms. The van der Waals surface area contributed by atoms with E-state index in [0.29, 0.717) is 19.3 Å². The largest absolute Gasteiger partial charge is 0.481 e. The van der Waals surface area contributed by atoms with Gasteiger partial charge in [-0.15, -0.1) is 0 Å². The zero-order valence-corrected chi connectivity index (χ0v) is 10.3. The number of nitrogens with one attached hydrogen (secondary N) is 1. The Morgan fingerprint density at radius 1 is 1.28 bits per heavy atom. The molecule has 7 nitrogen and oxygen atoms in total. The molecule has 6 N–H and O–H groups in total. The maximum absolute atomic E-state index is 11.5. The van der Waals surface area contributed by atoms with E-state index in [1.54, 1.807) is 0 Å². The summed E-state index contributed by atoms with van der Waals surface area (Å²) in [4.78, 5) is 32.6. The normalized spacial score (nSPS) is 13.7. The van der Waals surface area contributed by atoms with Gasteiger partial charge >= 0.3 is 5.97 Å². The average molecular weight is 259 g/mol. The summed E-state index contributed by atoms with van der Waals surface area (Å²) in [6.45, 7) is 0.539. The number of hydrogen-bond donors (Lipinski definition) is 4. The average Bonchev–Trinajstić information content (AvgIpc) is 2.34. The first-order valence-electron chi connectivity index (χ1n) is 5.94. The van der Waals surface area contributed by atoms with Gasteiger partial charge in [-0.2, -0.15) is 0 Å². The first-order valence-corrected chi connectivity index (χ1v) is 5.94. The minimum absolute atomic E-state index is 0.0511. The van der Waals surface area contributed by atoms with E-state index in [1.165, 1.54) is 0 Å². The molecule has 0 fully saturated rings. The minimum atomic E-state index is -1.01. The summed E-state index contributed by atoms with van der Waals surface area (Å²) in [5.74, 6) is -1.51. The molecule has 18 heavy (non-hydrogen) atoms. The summed E-state index contributed by atoms with van der Waals surface area (Å²) in [7, 11) is 0. The fourth-order valence-corrected chi connectivity index (χ4v) is 1.38. The van der Waals surface area contributed by atoms with Crippen LogP contribution in [0.1, 0.15) is 32.1 Å². The Balaban J connectivity index is 4.00. The molecule has 0 aromatic rings. The Labute approximate surface area is 106 Å². The molecule has 0 radical (unpaired) electrons. The fourth-order valence-electron chi connectivity index (χ4n) is 1.38. The topological polar surface area (TPSA) is 136 Å². The first-order chi connectivity index (χ1) is 8.51. The first kappa shape index (κ1) is 16.5. The van der Waals surface area contributed by atoms with E-state index in [-0.39, 0.29) is 12.8 Å². The number of carboxylic acid groups (broad SMARTS) is 1. The van der Waals surface area contributed by atoms with E-state index >= 15 is 0 Å². The van der Waals surface area contributed by atoms with Crippen LogP contribution in [0, 0.1) is 0 Å². The number of amides is 1. The number of hydrogen-bond acceptors (Lipinski definition) is 5. The van der Waals surface area contributed by atoms with Gasteiger partial charge in [-0.1, -0.05) is 0 Å². The Kier molecular flexibility index (Phi) is 8.77. The maximum atomic E-state index is 11.5. The standard InChI is InChI=1S/C11H21N3O4/c12-6-2-1-3-8(7-15)14-11(18)9(13)4-5-10(16)17/h7-9H,1-6,12-13H2,(H,14,18)(H,16,17)/t8-,9-/m0/s1. The monoisotopic (exact) mass is 259 g/mol. The number of unbranched alkanes of at least 4 members (excludes halogenated alkanes) is 1. The Morgan fingerprint density at radius 3 is 2.44 bits per heavy atom. The van der Waals surface area contributed by atoms with Gasteiger partial charge < -0.3 is 26.7 Å². The predicted octanol–water partition coefficient (Wildman–Crippen LogP) is -1.01. The van der Waals surface area contributed by atoms with Crippen molar-refractivity contribution in [1.82, 2.24) is 5.32 Å². The summed E-state index contributed by atoms with van der Waals surface area (Å²) in [6.07, 6.45) is 2.56. The van der Waals surface area contributed by atoms with E-state index in [4.69, 9.17) is 16.6 Å². The van der Waals surface area contributed by atoms with E-state index < -0.39 is 24.0 Å². The molecule has 0 saturated carbocycles. The minimum Gasteiger partial charge on any atom is -0.481 e. The van der Waals surface area contributed by atoms with Crippen LogP contribution in [0.25, 0.3) is 0 Å². The Morgan fingerprint density at radius 2 is 1.94 bits per heavy atom. The molecular formula is C11H21N3O4. The number of nitrogens with two attached hydrogens (primary N) is 2. The molecule has 0 aliphatic heterocycles. The molecule has 0 aliphatic carbocycles. The van der Waals surface area contributed by atoms with Crippen molar-refractivity contribution < 1.29 is 19.5 Å². The van der Waals surface area contributed by atoms with Crippen molar-refractivity contribution in [3.63, 3.8) is 0 Å². The van der Waals surface area contributed by atoms with Crippen LogP contribution in [0.4, 0.5) is 0 Å². The summed E-state index contributed by atoms with van der Waals surface area (Å²) in [6, 6.07) is -1.49. The van der Waals surface area contributed by atoms with Crippen molar-refractivity contribution in [2.45, 2.75) is 44.2 Å². The van der Waals surface area contributed by atoms with Crippen LogP contribution < -0.4 is 16.8 Å². The van der Waals surface area contributed by atoms with Gasteiger partial charge in [-0.05, 0) is 32.2 Å². The number of aldehydes is 1. The molecule has 0 heterocycles. The fraction of sp³-hybridized carbons (Fsp3) is 0.727. The molecule has 0 saturated heterocycles. The summed E-state index contributed by atoms with van der Waals surface area (Å²) >= 11 is 0. The second-order valence-corrected chi connectivity index (χ2v) is 4.07. The quantitative estimate of drug-likeness (QED) is 0.293. The van der Waals surface area contributed by atoms with Crippen molar-refractivity contribution >= 4 is 18.2 Å². The smallest absolute Gasteiger partial charge is 0.303 e. The number of aliphatic carboxylic acids is 1. The highest BCUT2D eigenvalue weighted by molar-refractivity contribution is 5.84. The van der Waals surface area contributed by atoms with Crippen LogP contribution in [0.3, 0.4) is 0 Å². The van der Waals surface area contributed by atoms with Crippen molar-refractivity contribution in [3.05, 3.63) is 0 Å². The lowest BCUT2D eigenvalue weighted by atomic mass is 10.1. The molecule has 7 heteroatoms. The predicted molar refractivity (Wildman–Crippen MR) is 65.7 cm³/mol. The molecule has 0 bridgehead atoms. The molecule has 0 rings (SSSR count). The molecule has 104 valence electrons. The second kappa shape index (κ2) is 9.55. The third-order valence-electron chi connectivity index (χ3n) is 2.47. The summed E-state index contributed by atoms with van der Waals surface area (Å²) in [5.41, 5.74) is 10.8. The highest BCUT2D eigenvalue weighted by atomic mass is 16.4. The third-order valence-corrected chi connectivity index (χ3v) is 2.47. The highest BCUT2D eigenvalue weighted by Crippen LogP contribution is 2.00. The summed E-state index contributed by atoms with van der Waals surface area (Å²) < 4.78 is 0. The molecule has 0 aromatic carbocycles. The van der Waals surface area contributed by atoms with Gasteiger partial charge in [0.25, 0.3) is 0 Å². The van der Waals surface area contributed by atoms with Crippen LogP contribution in [-0.4, -0.2) is 41.9 Å². The zero-order valence-electron chi connectivity index (χ0n) is 10.3. The van der Waals surface area contributed by atoms with Crippen LogP contribution >= 0.6 is 0 Å². The Bertz CT molecular complexity index is 283. The van der Waals surface area contributed by atoms with Crippen molar-refractivity contribution in [2.24, 2.45) is 11.5 Å². The van der Waals surface area contributed by atoms with Crippen molar-refractivity contribution in [1.29, 1.82) is 0 Å². The zero-order chi connectivity index (χ0) is 14.0. The highest BCUT2D eigenvalue weighted by Gasteiger charge is 2.18. The van der Waals surface area contributed by atoms with Crippen molar-refractivity contribution in [3.8, 4) is 0 Å². The molecule has 0 unspecified atom stereocenters. The number of carbonyl (C=O) groups is 3. The third kappa shape index (κ3) is 7.75. The van der Waals surface area contributed by atoms with E-state index in [9.17, 15) is 14.4 Å². The lowest BCUT2D eigenvalue weighted by Crippen LogP contribution is -2.46.